The van der Waals surface area contributed by atoms with Gasteiger partial charge in [-0.2, -0.15) is 8.78 Å². The smallest absolute Gasteiger partial charge is 0.394 e. The normalized spacial score (nSPS) is 15.8. The molecule has 0 spiro atoms. The highest BCUT2D eigenvalue weighted by Gasteiger charge is 2.47. The zero-order valence-corrected chi connectivity index (χ0v) is 17.3. The van der Waals surface area contributed by atoms with E-state index < -0.39 is 74.5 Å². The van der Waals surface area contributed by atoms with E-state index in [1.165, 1.54) is 0 Å². The van der Waals surface area contributed by atoms with Crippen molar-refractivity contribution < 1.29 is 43.6 Å². The second-order valence-electron chi connectivity index (χ2n) is 7.13. The highest BCUT2D eigenvalue weighted by molar-refractivity contribution is 7.53. The Kier molecular flexibility index (Phi) is 7.93. The summed E-state index contributed by atoms with van der Waals surface area (Å²) in [5.41, 5.74) is -7.97. The molecule has 2 aromatic heterocycles. The summed E-state index contributed by atoms with van der Waals surface area (Å²) in [6.45, 7) is -1.96. The molecule has 0 saturated heterocycles. The number of fused-ring (bicyclic) bond motifs is 1. The van der Waals surface area contributed by atoms with Crippen LogP contribution in [0.3, 0.4) is 0 Å². The zero-order chi connectivity index (χ0) is 24.4. The second-order valence-corrected chi connectivity index (χ2v) is 8.87. The van der Waals surface area contributed by atoms with Gasteiger partial charge in [0.1, 0.15) is 24.0 Å². The number of aryl methyl sites for hydroxylation is 1. The molecule has 0 fully saturated rings. The summed E-state index contributed by atoms with van der Waals surface area (Å²) < 4.78 is 39.1. The molecule has 0 bridgehead atoms. The van der Waals surface area contributed by atoms with Crippen molar-refractivity contribution in [2.75, 3.05) is 6.61 Å². The fraction of sp³-hybridized carbons (Fsp3) is 0.667. The molecular weight excluding hydrogens is 465 g/mol. The first-order valence-corrected chi connectivity index (χ1v) is 10.9. The molecule has 14 nitrogen and oxygen atoms in total. The Hall–Kier alpha value is -2.20. The Bertz CT molecular complexity index is 1170. The zero-order valence-electron chi connectivity index (χ0n) is 16.4. The number of aromatic amines is 2. The number of nitrogens with one attached hydrogen (secondary N) is 2. The SMILES string of the molecule is O=c1[nH]c(=O)c2c([nH]1)n(C[C@@H](O)[C@@H](O)[C@@H](O)CO)c(=O)n2CCCCC(F)(F)P(=O)(O)O. The summed E-state index contributed by atoms with van der Waals surface area (Å²) >= 11 is 0. The number of aromatic nitrogens is 4. The van der Waals surface area contributed by atoms with Crippen molar-refractivity contribution in [3.05, 3.63) is 31.3 Å². The van der Waals surface area contributed by atoms with Crippen LogP contribution in [0.1, 0.15) is 19.3 Å². The van der Waals surface area contributed by atoms with Gasteiger partial charge in [-0.25, -0.2) is 9.59 Å². The molecule has 0 saturated carbocycles. The van der Waals surface area contributed by atoms with Crippen LogP contribution in [0.15, 0.2) is 14.4 Å². The van der Waals surface area contributed by atoms with Crippen LogP contribution < -0.4 is 16.9 Å². The Morgan fingerprint density at radius 1 is 1.00 bits per heavy atom. The fourth-order valence-electron chi connectivity index (χ4n) is 3.04. The minimum absolute atomic E-state index is 0.207. The predicted molar refractivity (Wildman–Crippen MR) is 103 cm³/mol. The van der Waals surface area contributed by atoms with E-state index in [-0.39, 0.29) is 24.1 Å². The average molecular weight is 488 g/mol. The van der Waals surface area contributed by atoms with Crippen LogP contribution in [0.4, 0.5) is 8.78 Å². The largest absolute Gasteiger partial charge is 0.394 e. The first-order chi connectivity index (χ1) is 14.7. The number of halogens is 2. The number of hydrogen-bond donors (Lipinski definition) is 8. The number of unbranched alkanes of at least 4 members (excludes halogenated alkanes) is 1. The summed E-state index contributed by atoms with van der Waals surface area (Å²) in [4.78, 5) is 58.0. The van der Waals surface area contributed by atoms with E-state index >= 15 is 0 Å². The van der Waals surface area contributed by atoms with Gasteiger partial charge >= 0.3 is 24.6 Å². The van der Waals surface area contributed by atoms with Gasteiger partial charge < -0.3 is 30.2 Å². The molecule has 32 heavy (non-hydrogen) atoms. The summed E-state index contributed by atoms with van der Waals surface area (Å²) in [6, 6.07) is 0. The van der Waals surface area contributed by atoms with Gasteiger partial charge in [-0.15, -0.1) is 0 Å². The Balaban J connectivity index is 2.36. The van der Waals surface area contributed by atoms with E-state index in [0.717, 1.165) is 4.57 Å². The van der Waals surface area contributed by atoms with Gasteiger partial charge in [0.2, 0.25) is 0 Å². The first kappa shape index (κ1) is 26.1. The molecular formula is C15H23F2N4O10P. The number of H-pyrrole nitrogens is 2. The predicted octanol–water partition coefficient (Wildman–Crippen LogP) is -2.80. The maximum atomic E-state index is 13.4. The standard InChI is InChI=1S/C15H23F2N4O10P/c16-15(17,32(29,30)31)3-1-2-4-20-9-11(18-13(27)19-12(9)26)21(14(20)28)5-7(23)10(25)8(24)6-22/h7-8,10,22-25H,1-6H2,(H2,29,30,31)(H2,18,19,26,27)/t7-,8+,10-/m1/s1. The van der Waals surface area contributed by atoms with Crippen molar-refractivity contribution in [3.63, 3.8) is 0 Å². The monoisotopic (exact) mass is 488 g/mol. The van der Waals surface area contributed by atoms with E-state index in [1.807, 2.05) is 4.98 Å². The quantitative estimate of drug-likeness (QED) is 0.120. The van der Waals surface area contributed by atoms with Crippen LogP contribution in [0.25, 0.3) is 11.2 Å². The lowest BCUT2D eigenvalue weighted by Gasteiger charge is -2.21. The number of rotatable bonds is 11. The van der Waals surface area contributed by atoms with Crippen molar-refractivity contribution in [1.29, 1.82) is 0 Å². The van der Waals surface area contributed by atoms with Gasteiger partial charge in [0.25, 0.3) is 5.56 Å². The lowest BCUT2D eigenvalue weighted by Crippen LogP contribution is -2.43. The van der Waals surface area contributed by atoms with Crippen LogP contribution in [-0.4, -0.2) is 79.9 Å². The Labute approximate surface area is 176 Å². The lowest BCUT2D eigenvalue weighted by molar-refractivity contribution is -0.0806. The summed E-state index contributed by atoms with van der Waals surface area (Å²) in [7, 11) is -5.67. The maximum absolute atomic E-state index is 13.4. The minimum Gasteiger partial charge on any atom is -0.394 e. The van der Waals surface area contributed by atoms with E-state index in [9.17, 15) is 43.0 Å². The molecule has 0 unspecified atom stereocenters. The van der Waals surface area contributed by atoms with Crippen LogP contribution in [-0.2, 0) is 17.7 Å². The number of aliphatic hydroxyl groups is 4. The fourth-order valence-corrected chi connectivity index (χ4v) is 3.49. The molecule has 0 aromatic carbocycles. The number of hydrogen-bond acceptors (Lipinski definition) is 8. The molecule has 17 heteroatoms. The number of aliphatic hydroxyl groups excluding tert-OH is 4. The van der Waals surface area contributed by atoms with E-state index in [1.54, 1.807) is 0 Å². The average Bonchev–Trinajstić information content (AvgIpc) is 2.94. The summed E-state index contributed by atoms with van der Waals surface area (Å²) in [5.74, 6) is 0. The van der Waals surface area contributed by atoms with Crippen LogP contribution in [0, 0.1) is 0 Å². The molecule has 0 aliphatic carbocycles. The van der Waals surface area contributed by atoms with Crippen molar-refractivity contribution in [3.8, 4) is 0 Å². The molecule has 182 valence electrons. The third-order valence-corrected chi connectivity index (χ3v) is 5.86. The Morgan fingerprint density at radius 3 is 2.19 bits per heavy atom. The third kappa shape index (κ3) is 5.40. The first-order valence-electron chi connectivity index (χ1n) is 9.25. The van der Waals surface area contributed by atoms with Gasteiger partial charge in [0.05, 0.1) is 13.2 Å². The van der Waals surface area contributed by atoms with Crippen LogP contribution >= 0.6 is 7.60 Å². The van der Waals surface area contributed by atoms with Crippen molar-refractivity contribution in [1.82, 2.24) is 19.1 Å². The van der Waals surface area contributed by atoms with Crippen LogP contribution in [0.2, 0.25) is 0 Å². The number of imidazole rings is 1. The van der Waals surface area contributed by atoms with Gasteiger partial charge in [-0.1, -0.05) is 0 Å². The summed E-state index contributed by atoms with van der Waals surface area (Å²) in [6.07, 6.45) is -7.24. The van der Waals surface area contributed by atoms with Gasteiger partial charge in [0, 0.05) is 13.0 Å². The maximum Gasteiger partial charge on any atom is 0.394 e. The molecule has 3 atom stereocenters. The van der Waals surface area contributed by atoms with E-state index in [2.05, 4.69) is 4.98 Å². The molecule has 8 N–H and O–H groups in total. The molecule has 0 radical (unpaired) electrons. The topological polar surface area (TPSA) is 231 Å². The number of alkyl halides is 2. The number of nitrogens with zero attached hydrogens (tertiary/aromatic N) is 2. The Morgan fingerprint density at radius 2 is 1.62 bits per heavy atom. The van der Waals surface area contributed by atoms with E-state index in [0.29, 0.717) is 4.57 Å². The minimum atomic E-state index is -5.67. The summed E-state index contributed by atoms with van der Waals surface area (Å²) in [5, 5.41) is 38.1. The molecule has 0 amide bonds. The van der Waals surface area contributed by atoms with Gasteiger partial charge in [-0.05, 0) is 12.8 Å². The van der Waals surface area contributed by atoms with Crippen molar-refractivity contribution >= 4 is 18.8 Å². The molecule has 0 aliphatic rings. The van der Waals surface area contributed by atoms with Gasteiger partial charge in [0.15, 0.2) is 5.52 Å². The van der Waals surface area contributed by atoms with Crippen molar-refractivity contribution in [2.24, 2.45) is 0 Å². The van der Waals surface area contributed by atoms with E-state index in [4.69, 9.17) is 14.9 Å². The lowest BCUT2D eigenvalue weighted by atomic mass is 10.1. The highest BCUT2D eigenvalue weighted by atomic mass is 31.2. The molecule has 2 heterocycles. The third-order valence-electron chi connectivity index (χ3n) is 4.78. The van der Waals surface area contributed by atoms with Crippen LogP contribution in [0.5, 0.6) is 0 Å². The van der Waals surface area contributed by atoms with Gasteiger partial charge in [-0.3, -0.25) is 28.5 Å². The van der Waals surface area contributed by atoms with Crippen molar-refractivity contribution in [2.45, 2.75) is 56.3 Å². The highest BCUT2D eigenvalue weighted by Crippen LogP contribution is 2.55. The molecule has 0 aliphatic heterocycles. The second kappa shape index (κ2) is 9.74. The molecule has 2 aromatic rings. The molecule has 2 rings (SSSR count).